The van der Waals surface area contributed by atoms with Crippen LogP contribution in [0.15, 0.2) is 48.8 Å². The molecule has 2 aromatic rings. The first-order valence-corrected chi connectivity index (χ1v) is 11.6. The van der Waals surface area contributed by atoms with Crippen molar-refractivity contribution >= 4 is 17.7 Å². The van der Waals surface area contributed by atoms with Gasteiger partial charge in [0, 0.05) is 57.6 Å². The van der Waals surface area contributed by atoms with Gasteiger partial charge in [0.15, 0.2) is 0 Å². The fourth-order valence-electron chi connectivity index (χ4n) is 5.17. The highest BCUT2D eigenvalue weighted by molar-refractivity contribution is 5.94. The summed E-state index contributed by atoms with van der Waals surface area (Å²) in [6.07, 6.45) is 2.50. The molecule has 1 aromatic heterocycles. The zero-order chi connectivity index (χ0) is 24.2. The maximum Gasteiger partial charge on any atom is 0.252 e. The molecule has 4 rings (SSSR count). The van der Waals surface area contributed by atoms with Crippen LogP contribution in [0.1, 0.15) is 41.6 Å². The number of carbonyl (C=O) groups excluding carboxylic acids is 3. The van der Waals surface area contributed by atoms with Crippen molar-refractivity contribution in [2.75, 3.05) is 26.2 Å². The molecule has 0 aliphatic carbocycles. The van der Waals surface area contributed by atoms with E-state index in [0.717, 1.165) is 5.56 Å². The molecule has 9 nitrogen and oxygen atoms in total. The average Bonchev–Trinajstić information content (AvgIpc) is 3.12. The molecule has 1 aromatic carbocycles. The number of aliphatic hydroxyl groups is 1. The fraction of sp³-hybridized carbons (Fsp3) is 0.440. The highest BCUT2D eigenvalue weighted by Crippen LogP contribution is 2.42. The normalized spacial score (nSPS) is 24.3. The smallest absolute Gasteiger partial charge is 0.252 e. The fourth-order valence-corrected chi connectivity index (χ4v) is 5.17. The molecule has 0 spiro atoms. The van der Waals surface area contributed by atoms with Gasteiger partial charge in [-0.15, -0.1) is 0 Å². The molecule has 0 bridgehead atoms. The summed E-state index contributed by atoms with van der Waals surface area (Å²) in [6, 6.07) is 10.9. The molecule has 3 amide bonds. The van der Waals surface area contributed by atoms with Gasteiger partial charge in [0.1, 0.15) is 5.75 Å². The molecule has 2 aliphatic heterocycles. The Morgan fingerprint density at radius 3 is 2.62 bits per heavy atom. The molecule has 0 unspecified atom stereocenters. The van der Waals surface area contributed by atoms with Gasteiger partial charge >= 0.3 is 0 Å². The van der Waals surface area contributed by atoms with E-state index in [1.807, 2.05) is 30.3 Å². The first-order chi connectivity index (χ1) is 16.3. The number of aliphatic hydroxyl groups excluding tert-OH is 1. The summed E-state index contributed by atoms with van der Waals surface area (Å²) in [6.45, 7) is 2.92. The maximum absolute atomic E-state index is 13.3. The lowest BCUT2D eigenvalue weighted by Gasteiger charge is -2.31. The molecular weight excluding hydrogens is 436 g/mol. The average molecular weight is 467 g/mol. The molecule has 34 heavy (non-hydrogen) atoms. The zero-order valence-corrected chi connectivity index (χ0v) is 19.1. The highest BCUT2D eigenvalue weighted by Gasteiger charge is 2.49. The third-order valence-electron chi connectivity index (χ3n) is 6.85. The number of nitrogens with one attached hydrogen (secondary N) is 1. The van der Waals surface area contributed by atoms with Crippen LogP contribution >= 0.6 is 0 Å². The monoisotopic (exact) mass is 466 g/mol. The number of likely N-dealkylation sites (tertiary alicyclic amines) is 2. The summed E-state index contributed by atoms with van der Waals surface area (Å²) < 4.78 is 0. The van der Waals surface area contributed by atoms with Gasteiger partial charge in [0.05, 0.1) is 23.9 Å². The Labute approximate surface area is 198 Å². The van der Waals surface area contributed by atoms with Crippen LogP contribution in [0.2, 0.25) is 0 Å². The van der Waals surface area contributed by atoms with Gasteiger partial charge < -0.3 is 25.3 Å². The first-order valence-electron chi connectivity index (χ1n) is 11.6. The number of carbonyl (C=O) groups is 3. The predicted molar refractivity (Wildman–Crippen MR) is 124 cm³/mol. The minimum Gasteiger partial charge on any atom is -0.506 e. The van der Waals surface area contributed by atoms with Gasteiger partial charge in [-0.3, -0.25) is 19.4 Å². The van der Waals surface area contributed by atoms with Crippen molar-refractivity contribution < 1.29 is 24.6 Å². The molecule has 0 saturated carbocycles. The Hall–Kier alpha value is -3.46. The molecule has 3 N–H and O–H groups in total. The van der Waals surface area contributed by atoms with Crippen LogP contribution in [0.3, 0.4) is 0 Å². The van der Waals surface area contributed by atoms with Gasteiger partial charge in [-0.1, -0.05) is 30.3 Å². The molecule has 9 heteroatoms. The number of rotatable bonds is 5. The molecular formula is C25H30N4O5. The maximum atomic E-state index is 13.3. The minimum atomic E-state index is -0.629. The van der Waals surface area contributed by atoms with Gasteiger partial charge in [0.2, 0.25) is 11.8 Å². The molecule has 2 saturated heterocycles. The number of benzene rings is 1. The van der Waals surface area contributed by atoms with Crippen molar-refractivity contribution in [1.82, 2.24) is 20.1 Å². The van der Waals surface area contributed by atoms with Crippen molar-refractivity contribution in [2.45, 2.75) is 37.8 Å². The van der Waals surface area contributed by atoms with Crippen LogP contribution in [0.5, 0.6) is 5.75 Å². The largest absolute Gasteiger partial charge is 0.506 e. The summed E-state index contributed by atoms with van der Waals surface area (Å²) in [5, 5.41) is 23.2. The van der Waals surface area contributed by atoms with Crippen LogP contribution < -0.4 is 5.32 Å². The van der Waals surface area contributed by atoms with Crippen LogP contribution in [0.25, 0.3) is 0 Å². The van der Waals surface area contributed by atoms with E-state index < -0.39 is 12.0 Å². The summed E-state index contributed by atoms with van der Waals surface area (Å²) in [7, 11) is 0. The van der Waals surface area contributed by atoms with E-state index >= 15 is 0 Å². The van der Waals surface area contributed by atoms with E-state index in [0.29, 0.717) is 26.1 Å². The van der Waals surface area contributed by atoms with E-state index in [2.05, 4.69) is 10.3 Å². The zero-order valence-electron chi connectivity index (χ0n) is 19.1. The van der Waals surface area contributed by atoms with E-state index in [1.54, 1.807) is 9.80 Å². The Bertz CT molecular complexity index is 1050. The van der Waals surface area contributed by atoms with Crippen LogP contribution in [-0.4, -0.2) is 81.0 Å². The molecule has 3 heterocycles. The Morgan fingerprint density at radius 2 is 1.91 bits per heavy atom. The number of fused-ring (bicyclic) bond motifs is 1. The van der Waals surface area contributed by atoms with Gasteiger partial charge in [0.25, 0.3) is 5.91 Å². The molecule has 180 valence electrons. The summed E-state index contributed by atoms with van der Waals surface area (Å²) in [5.74, 6) is -0.963. The van der Waals surface area contributed by atoms with E-state index in [9.17, 15) is 24.6 Å². The van der Waals surface area contributed by atoms with Gasteiger partial charge in [-0.2, -0.15) is 0 Å². The SMILES string of the molecule is CC(=O)N1CC[C@@H](O)[C@@H]2[C@@H](C1)N(C(=O)CCNC(=O)c1cncc(O)c1)C[C@H]2c1ccccc1. The lowest BCUT2D eigenvalue weighted by atomic mass is 9.81. The van der Waals surface area contributed by atoms with Gasteiger partial charge in [-0.05, 0) is 18.1 Å². The van der Waals surface area contributed by atoms with E-state index in [1.165, 1.54) is 25.4 Å². The van der Waals surface area contributed by atoms with Gasteiger partial charge in [-0.25, -0.2) is 0 Å². The molecule has 2 aliphatic rings. The van der Waals surface area contributed by atoms with Crippen LogP contribution in [0, 0.1) is 5.92 Å². The molecule has 2 fully saturated rings. The molecule has 0 radical (unpaired) electrons. The van der Waals surface area contributed by atoms with Crippen LogP contribution in [-0.2, 0) is 9.59 Å². The molecule has 4 atom stereocenters. The number of hydrogen-bond acceptors (Lipinski definition) is 6. The standard InChI is InChI=1S/C25H30N4O5/c1-16(30)28-10-8-22(32)24-20(17-5-3-2-4-6-17)14-29(21(24)15-28)23(33)7-9-27-25(34)18-11-19(31)13-26-12-18/h2-6,11-13,20-22,24,31-32H,7-10,14-15H2,1H3,(H,27,34)/t20-,21+,22+,24-/m0/s1. The highest BCUT2D eigenvalue weighted by atomic mass is 16.3. The lowest BCUT2D eigenvalue weighted by molar-refractivity contribution is -0.135. The number of hydrogen-bond donors (Lipinski definition) is 3. The first kappa shape index (κ1) is 23.7. The van der Waals surface area contributed by atoms with Crippen LogP contribution in [0.4, 0.5) is 0 Å². The summed E-state index contributed by atoms with van der Waals surface area (Å²) in [4.78, 5) is 45.0. The van der Waals surface area contributed by atoms with Crippen molar-refractivity contribution in [2.24, 2.45) is 5.92 Å². The summed E-state index contributed by atoms with van der Waals surface area (Å²) in [5.41, 5.74) is 1.27. The van der Waals surface area contributed by atoms with Crippen molar-refractivity contribution in [3.05, 3.63) is 59.9 Å². The third kappa shape index (κ3) is 5.04. The lowest BCUT2D eigenvalue weighted by Crippen LogP contribution is -2.47. The second-order valence-corrected chi connectivity index (χ2v) is 8.97. The summed E-state index contributed by atoms with van der Waals surface area (Å²) >= 11 is 0. The predicted octanol–water partition coefficient (Wildman–Crippen LogP) is 1.13. The van der Waals surface area contributed by atoms with E-state index in [-0.39, 0.29) is 54.0 Å². The van der Waals surface area contributed by atoms with E-state index in [4.69, 9.17) is 0 Å². The number of aromatic hydroxyl groups is 1. The second-order valence-electron chi connectivity index (χ2n) is 8.97. The van der Waals surface area contributed by atoms with Crippen molar-refractivity contribution in [1.29, 1.82) is 0 Å². The Kier molecular flexibility index (Phi) is 7.12. The quantitative estimate of drug-likeness (QED) is 0.607. The van der Waals surface area contributed by atoms with Crippen molar-refractivity contribution in [3.63, 3.8) is 0 Å². The topological polar surface area (TPSA) is 123 Å². The van der Waals surface area contributed by atoms with Crippen molar-refractivity contribution in [3.8, 4) is 5.75 Å². The Balaban J connectivity index is 1.49. The Morgan fingerprint density at radius 1 is 1.15 bits per heavy atom. The number of amides is 3. The second kappa shape index (κ2) is 10.2. The third-order valence-corrected chi connectivity index (χ3v) is 6.85. The number of pyridine rings is 1. The number of nitrogens with zero attached hydrogens (tertiary/aromatic N) is 3. The minimum absolute atomic E-state index is 0.0370. The number of aromatic nitrogens is 1.